The third kappa shape index (κ3) is 5.23. The highest BCUT2D eigenvalue weighted by atomic mass is 35.5. The van der Waals surface area contributed by atoms with Crippen molar-refractivity contribution in [1.82, 2.24) is 9.97 Å². The summed E-state index contributed by atoms with van der Waals surface area (Å²) in [5.74, 6) is 0. The lowest BCUT2D eigenvalue weighted by Crippen LogP contribution is -2.00. The number of rotatable bonds is 5. The van der Waals surface area contributed by atoms with E-state index in [0.29, 0.717) is 6.04 Å². The highest BCUT2D eigenvalue weighted by molar-refractivity contribution is 5.85. The maximum absolute atomic E-state index is 4.36. The molecule has 6 heteroatoms. The van der Waals surface area contributed by atoms with Gasteiger partial charge < -0.3 is 10.3 Å². The second-order valence-electron chi connectivity index (χ2n) is 4.22. The van der Waals surface area contributed by atoms with Crippen LogP contribution in [0.1, 0.15) is 20.3 Å². The van der Waals surface area contributed by atoms with Gasteiger partial charge in [-0.1, -0.05) is 19.1 Å². The van der Waals surface area contributed by atoms with E-state index in [9.17, 15) is 0 Å². The summed E-state index contributed by atoms with van der Waals surface area (Å²) in [6.07, 6.45) is 6.31. The van der Waals surface area contributed by atoms with Crippen LogP contribution in [0.15, 0.2) is 41.8 Å². The van der Waals surface area contributed by atoms with Gasteiger partial charge in [0, 0.05) is 11.7 Å². The highest BCUT2D eigenvalue weighted by Gasteiger charge is 1.98. The molecule has 0 spiro atoms. The molecule has 2 aromatic rings. The van der Waals surface area contributed by atoms with Gasteiger partial charge in [-0.05, 0) is 31.0 Å². The van der Waals surface area contributed by atoms with Crippen LogP contribution >= 0.6 is 24.8 Å². The number of H-pyrrole nitrogens is 1. The number of hydrogen-bond acceptors (Lipinski definition) is 2. The van der Waals surface area contributed by atoms with Crippen molar-refractivity contribution >= 4 is 36.8 Å². The van der Waals surface area contributed by atoms with E-state index in [1.54, 1.807) is 12.7 Å². The molecule has 0 radical (unpaired) electrons. The number of benzene rings is 1. The predicted octanol–water partition coefficient (Wildman–Crippen LogP) is 4.16. The molecule has 0 aliphatic rings. The monoisotopic (exact) mass is 314 g/mol. The van der Waals surface area contributed by atoms with E-state index in [1.165, 1.54) is 0 Å². The van der Waals surface area contributed by atoms with Crippen LogP contribution in [0.4, 0.5) is 5.69 Å². The number of halogens is 2. The molecule has 0 saturated heterocycles. The molecule has 0 amide bonds. The van der Waals surface area contributed by atoms with Crippen molar-refractivity contribution in [2.24, 2.45) is 4.99 Å². The van der Waals surface area contributed by atoms with Gasteiger partial charge in [0.15, 0.2) is 0 Å². The number of nitrogens with one attached hydrogen (secondary N) is 2. The molecule has 2 rings (SSSR count). The van der Waals surface area contributed by atoms with Crippen LogP contribution in [0.3, 0.4) is 0 Å². The molecular weight excluding hydrogens is 295 g/mol. The molecule has 4 nitrogen and oxygen atoms in total. The van der Waals surface area contributed by atoms with Crippen molar-refractivity contribution in [3.63, 3.8) is 0 Å². The van der Waals surface area contributed by atoms with Gasteiger partial charge in [0.25, 0.3) is 0 Å². The molecule has 110 valence electrons. The number of aromatic amines is 1. The summed E-state index contributed by atoms with van der Waals surface area (Å²) in [7, 11) is 0. The first-order valence-electron chi connectivity index (χ1n) is 6.16. The van der Waals surface area contributed by atoms with E-state index in [1.807, 2.05) is 30.5 Å². The zero-order valence-corrected chi connectivity index (χ0v) is 13.2. The average molecular weight is 315 g/mol. The Balaban J connectivity index is 0.00000180. The number of hydrogen-bond donors (Lipinski definition) is 2. The fourth-order valence-electron chi connectivity index (χ4n) is 1.50. The summed E-state index contributed by atoms with van der Waals surface area (Å²) in [5.41, 5.74) is 3.18. The van der Waals surface area contributed by atoms with E-state index in [0.717, 1.165) is 23.4 Å². The molecule has 2 N–H and O–H groups in total. The minimum atomic E-state index is 0. The summed E-state index contributed by atoms with van der Waals surface area (Å²) >= 11 is 0. The van der Waals surface area contributed by atoms with E-state index in [-0.39, 0.29) is 24.8 Å². The Morgan fingerprint density at radius 3 is 2.55 bits per heavy atom. The Morgan fingerprint density at radius 2 is 2.00 bits per heavy atom. The molecule has 1 aromatic carbocycles. The van der Waals surface area contributed by atoms with Gasteiger partial charge >= 0.3 is 0 Å². The van der Waals surface area contributed by atoms with Gasteiger partial charge in [-0.25, -0.2) is 4.98 Å². The topological polar surface area (TPSA) is 53.1 Å². The fourth-order valence-corrected chi connectivity index (χ4v) is 1.50. The molecule has 1 unspecified atom stereocenters. The SMILES string of the molecule is CCC(C)N=CNc1ccc(-c2cnc[nH]2)cc1.Cl.Cl. The number of aromatic nitrogens is 2. The molecule has 0 saturated carbocycles. The van der Waals surface area contributed by atoms with Crippen LogP contribution in [0, 0.1) is 0 Å². The predicted molar refractivity (Wildman–Crippen MR) is 90.4 cm³/mol. The van der Waals surface area contributed by atoms with Crippen molar-refractivity contribution in [3.8, 4) is 11.3 Å². The first-order valence-corrected chi connectivity index (χ1v) is 6.16. The van der Waals surface area contributed by atoms with Crippen molar-refractivity contribution in [1.29, 1.82) is 0 Å². The maximum atomic E-state index is 4.36. The van der Waals surface area contributed by atoms with Gasteiger partial charge in [-0.2, -0.15) is 0 Å². The summed E-state index contributed by atoms with van der Waals surface area (Å²) in [6, 6.07) is 8.51. The van der Waals surface area contributed by atoms with Gasteiger partial charge in [0.05, 0.1) is 24.6 Å². The number of imidazole rings is 1. The van der Waals surface area contributed by atoms with Crippen LogP contribution in [-0.2, 0) is 0 Å². The lowest BCUT2D eigenvalue weighted by atomic mass is 10.1. The first kappa shape index (κ1) is 18.5. The third-order valence-corrected chi connectivity index (χ3v) is 2.85. The summed E-state index contributed by atoms with van der Waals surface area (Å²) < 4.78 is 0. The van der Waals surface area contributed by atoms with Gasteiger partial charge in [0.2, 0.25) is 0 Å². The van der Waals surface area contributed by atoms with E-state index < -0.39 is 0 Å². The molecular formula is C14H20Cl2N4. The Kier molecular flexibility index (Phi) is 8.68. The zero-order chi connectivity index (χ0) is 12.8. The molecule has 0 fully saturated rings. The van der Waals surface area contributed by atoms with Crippen molar-refractivity contribution < 1.29 is 0 Å². The fraction of sp³-hybridized carbons (Fsp3) is 0.286. The number of anilines is 1. The standard InChI is InChI=1S/C14H18N4.2ClH/c1-3-11(2)16-10-17-13-6-4-12(5-7-13)14-8-15-9-18-14;;/h4-11H,3H2,1-2H3,(H,15,18)(H,16,17);2*1H. The lowest BCUT2D eigenvalue weighted by molar-refractivity contribution is 0.720. The molecule has 20 heavy (non-hydrogen) atoms. The van der Waals surface area contributed by atoms with Crippen LogP contribution in [0.25, 0.3) is 11.3 Å². The van der Waals surface area contributed by atoms with Crippen molar-refractivity contribution in [3.05, 3.63) is 36.8 Å². The van der Waals surface area contributed by atoms with Crippen LogP contribution < -0.4 is 5.32 Å². The third-order valence-electron chi connectivity index (χ3n) is 2.85. The zero-order valence-electron chi connectivity index (χ0n) is 11.5. The van der Waals surface area contributed by atoms with Gasteiger partial charge in [-0.3, -0.25) is 4.99 Å². The molecule has 1 heterocycles. The van der Waals surface area contributed by atoms with Crippen LogP contribution in [0.5, 0.6) is 0 Å². The van der Waals surface area contributed by atoms with Crippen LogP contribution in [-0.4, -0.2) is 22.3 Å². The molecule has 0 bridgehead atoms. The number of aliphatic imine (C=N–C) groups is 1. The lowest BCUT2D eigenvalue weighted by Gasteiger charge is -2.04. The second-order valence-corrected chi connectivity index (χ2v) is 4.22. The summed E-state index contributed by atoms with van der Waals surface area (Å²) in [6.45, 7) is 4.22. The Morgan fingerprint density at radius 1 is 1.30 bits per heavy atom. The minimum absolute atomic E-state index is 0. The normalized spacial score (nSPS) is 11.5. The summed E-state index contributed by atoms with van der Waals surface area (Å²) in [5, 5.41) is 3.16. The van der Waals surface area contributed by atoms with E-state index >= 15 is 0 Å². The van der Waals surface area contributed by atoms with Crippen molar-refractivity contribution in [2.45, 2.75) is 26.3 Å². The quantitative estimate of drug-likeness (QED) is 0.643. The maximum Gasteiger partial charge on any atom is 0.0924 e. The molecule has 0 aliphatic carbocycles. The second kappa shape index (κ2) is 9.39. The average Bonchev–Trinajstić information content (AvgIpc) is 2.93. The van der Waals surface area contributed by atoms with Crippen molar-refractivity contribution in [2.75, 3.05) is 5.32 Å². The molecule has 0 aliphatic heterocycles. The van der Waals surface area contributed by atoms with E-state index in [2.05, 4.69) is 34.1 Å². The smallest absolute Gasteiger partial charge is 0.0924 e. The summed E-state index contributed by atoms with van der Waals surface area (Å²) in [4.78, 5) is 11.4. The van der Waals surface area contributed by atoms with Crippen LogP contribution in [0.2, 0.25) is 0 Å². The highest BCUT2D eigenvalue weighted by Crippen LogP contribution is 2.18. The van der Waals surface area contributed by atoms with E-state index in [4.69, 9.17) is 0 Å². The Labute approximate surface area is 131 Å². The van der Waals surface area contributed by atoms with Gasteiger partial charge in [-0.15, -0.1) is 24.8 Å². The molecule has 1 aromatic heterocycles. The van der Waals surface area contributed by atoms with Gasteiger partial charge in [0.1, 0.15) is 0 Å². The minimum Gasteiger partial charge on any atom is -0.347 e. The Bertz CT molecular complexity index is 494. The Hall–Kier alpha value is -1.52. The number of nitrogens with zero attached hydrogens (tertiary/aromatic N) is 2. The largest absolute Gasteiger partial charge is 0.347 e. The molecule has 1 atom stereocenters. The first-order chi connectivity index (χ1) is 8.79.